The van der Waals surface area contributed by atoms with Crippen LogP contribution in [0.5, 0.6) is 5.75 Å². The molecule has 29 heavy (non-hydrogen) atoms. The molecule has 1 heterocycles. The first-order valence-corrected chi connectivity index (χ1v) is 10.7. The highest BCUT2D eigenvalue weighted by Crippen LogP contribution is 2.38. The second-order valence-electron chi connectivity index (χ2n) is 7.49. The lowest BCUT2D eigenvalue weighted by molar-refractivity contribution is -0.121. The lowest BCUT2D eigenvalue weighted by Gasteiger charge is -2.20. The molecule has 0 aliphatic carbocycles. The number of carbonyl (C=O) groups excluding carboxylic acids is 1. The van der Waals surface area contributed by atoms with E-state index < -0.39 is 0 Å². The predicted octanol–water partition coefficient (Wildman–Crippen LogP) is 5.57. The van der Waals surface area contributed by atoms with Crippen molar-refractivity contribution in [3.8, 4) is 5.75 Å². The number of nitrogens with one attached hydrogen (secondary N) is 2. The van der Waals surface area contributed by atoms with E-state index in [1.165, 1.54) is 10.9 Å². The van der Waals surface area contributed by atoms with Crippen molar-refractivity contribution in [3.63, 3.8) is 0 Å². The minimum atomic E-state index is -0.0711. The summed E-state index contributed by atoms with van der Waals surface area (Å²) in [6.45, 7) is 5.07. The van der Waals surface area contributed by atoms with Gasteiger partial charge in [-0.25, -0.2) is 0 Å². The van der Waals surface area contributed by atoms with Gasteiger partial charge in [0, 0.05) is 41.5 Å². The van der Waals surface area contributed by atoms with Gasteiger partial charge in [0.2, 0.25) is 5.91 Å². The van der Waals surface area contributed by atoms with Gasteiger partial charge in [-0.15, -0.1) is 0 Å². The van der Waals surface area contributed by atoms with Crippen molar-refractivity contribution in [2.24, 2.45) is 0 Å². The summed E-state index contributed by atoms with van der Waals surface area (Å²) in [5.74, 6) is 0.827. The van der Waals surface area contributed by atoms with Crippen molar-refractivity contribution in [3.05, 3.63) is 65.4 Å². The fraction of sp³-hybridized carbons (Fsp3) is 0.400. The maximum Gasteiger partial charge on any atom is 0.220 e. The van der Waals surface area contributed by atoms with Crippen LogP contribution in [0.15, 0.2) is 48.7 Å². The standard InChI is InChI=1S/C25H32N2O2/c1-4-6-9-15-26-24(28)16-21(19-12-7-8-14-23(19)29-3)22-17-27-25-18(5-2)11-10-13-20(22)25/h7-8,10-14,17,21,27H,4-6,9,15-16H2,1-3H3,(H,26,28). The third-order valence-electron chi connectivity index (χ3n) is 5.60. The van der Waals surface area contributed by atoms with E-state index in [2.05, 4.69) is 54.6 Å². The summed E-state index contributed by atoms with van der Waals surface area (Å²) in [7, 11) is 1.69. The Balaban J connectivity index is 1.97. The number of hydrogen-bond donors (Lipinski definition) is 2. The van der Waals surface area contributed by atoms with Crippen molar-refractivity contribution in [1.29, 1.82) is 0 Å². The Hall–Kier alpha value is -2.75. The van der Waals surface area contributed by atoms with E-state index in [4.69, 9.17) is 4.74 Å². The van der Waals surface area contributed by atoms with E-state index in [1.807, 2.05) is 18.2 Å². The first-order chi connectivity index (χ1) is 14.2. The third-order valence-corrected chi connectivity index (χ3v) is 5.60. The molecule has 0 aliphatic heterocycles. The second kappa shape index (κ2) is 10.1. The minimum absolute atomic E-state index is 0.0711. The van der Waals surface area contributed by atoms with Gasteiger partial charge in [-0.3, -0.25) is 4.79 Å². The largest absolute Gasteiger partial charge is 0.496 e. The zero-order valence-corrected chi connectivity index (χ0v) is 17.8. The molecule has 0 bridgehead atoms. The SMILES string of the molecule is CCCCCNC(=O)CC(c1ccccc1OC)c1c[nH]c2c(CC)cccc12. The number of para-hydroxylation sites is 2. The van der Waals surface area contributed by atoms with Gasteiger partial charge < -0.3 is 15.0 Å². The Morgan fingerprint density at radius 1 is 1.07 bits per heavy atom. The van der Waals surface area contributed by atoms with Crippen LogP contribution < -0.4 is 10.1 Å². The number of ether oxygens (including phenoxy) is 1. The number of unbranched alkanes of at least 4 members (excludes halogenated alkanes) is 2. The van der Waals surface area contributed by atoms with Gasteiger partial charge in [0.15, 0.2) is 0 Å². The predicted molar refractivity (Wildman–Crippen MR) is 120 cm³/mol. The van der Waals surface area contributed by atoms with Crippen LogP contribution in [0.25, 0.3) is 10.9 Å². The highest BCUT2D eigenvalue weighted by molar-refractivity contribution is 5.88. The monoisotopic (exact) mass is 392 g/mol. The summed E-state index contributed by atoms with van der Waals surface area (Å²) in [5.41, 5.74) is 4.63. The van der Waals surface area contributed by atoms with Crippen molar-refractivity contribution >= 4 is 16.8 Å². The number of hydrogen-bond acceptors (Lipinski definition) is 2. The molecule has 1 unspecified atom stereocenters. The number of aryl methyl sites for hydroxylation is 1. The number of aromatic amines is 1. The maximum atomic E-state index is 12.8. The van der Waals surface area contributed by atoms with Crippen LogP contribution in [0.4, 0.5) is 0 Å². The summed E-state index contributed by atoms with van der Waals surface area (Å²) in [6, 6.07) is 14.4. The van der Waals surface area contributed by atoms with Gasteiger partial charge in [0.25, 0.3) is 0 Å². The van der Waals surface area contributed by atoms with Gasteiger partial charge in [0.1, 0.15) is 5.75 Å². The quantitative estimate of drug-likeness (QED) is 0.443. The van der Waals surface area contributed by atoms with E-state index in [0.29, 0.717) is 6.42 Å². The fourth-order valence-electron chi connectivity index (χ4n) is 4.02. The van der Waals surface area contributed by atoms with Crippen molar-refractivity contribution in [2.45, 2.75) is 51.9 Å². The number of benzene rings is 2. The van der Waals surface area contributed by atoms with Gasteiger partial charge in [-0.2, -0.15) is 0 Å². The zero-order chi connectivity index (χ0) is 20.6. The molecule has 154 valence electrons. The van der Waals surface area contributed by atoms with Crippen LogP contribution in [0.1, 0.15) is 62.1 Å². The van der Waals surface area contributed by atoms with Crippen LogP contribution in [0.2, 0.25) is 0 Å². The fourth-order valence-corrected chi connectivity index (χ4v) is 4.02. The Labute approximate surface area is 173 Å². The van der Waals surface area contributed by atoms with Crippen LogP contribution in [-0.2, 0) is 11.2 Å². The Morgan fingerprint density at radius 2 is 1.90 bits per heavy atom. The number of amides is 1. The number of methoxy groups -OCH3 is 1. The molecule has 0 aliphatic rings. The molecular weight excluding hydrogens is 360 g/mol. The average Bonchev–Trinajstić information content (AvgIpc) is 3.19. The maximum absolute atomic E-state index is 12.8. The Kier molecular flexibility index (Phi) is 7.34. The summed E-state index contributed by atoms with van der Waals surface area (Å²) in [6.07, 6.45) is 6.73. The molecule has 4 heteroatoms. The molecule has 1 aromatic heterocycles. The number of H-pyrrole nitrogens is 1. The second-order valence-corrected chi connectivity index (χ2v) is 7.49. The summed E-state index contributed by atoms with van der Waals surface area (Å²) < 4.78 is 5.63. The first-order valence-electron chi connectivity index (χ1n) is 10.7. The Morgan fingerprint density at radius 3 is 2.66 bits per heavy atom. The van der Waals surface area contributed by atoms with Crippen molar-refractivity contribution < 1.29 is 9.53 Å². The number of aromatic nitrogens is 1. The topological polar surface area (TPSA) is 54.1 Å². The smallest absolute Gasteiger partial charge is 0.220 e. The van der Waals surface area contributed by atoms with E-state index in [9.17, 15) is 4.79 Å². The lowest BCUT2D eigenvalue weighted by atomic mass is 9.87. The molecule has 0 fully saturated rings. The third kappa shape index (κ3) is 4.81. The van der Waals surface area contributed by atoms with Gasteiger partial charge in [0.05, 0.1) is 7.11 Å². The summed E-state index contributed by atoms with van der Waals surface area (Å²) in [5, 5.41) is 4.28. The summed E-state index contributed by atoms with van der Waals surface area (Å²) >= 11 is 0. The lowest BCUT2D eigenvalue weighted by Crippen LogP contribution is -2.26. The van der Waals surface area contributed by atoms with Crippen molar-refractivity contribution in [2.75, 3.05) is 13.7 Å². The zero-order valence-electron chi connectivity index (χ0n) is 17.8. The van der Waals surface area contributed by atoms with E-state index in [0.717, 1.165) is 54.6 Å². The summed E-state index contributed by atoms with van der Waals surface area (Å²) in [4.78, 5) is 16.2. The van der Waals surface area contributed by atoms with Crippen LogP contribution in [-0.4, -0.2) is 24.5 Å². The van der Waals surface area contributed by atoms with Crippen LogP contribution in [0.3, 0.4) is 0 Å². The highest BCUT2D eigenvalue weighted by Gasteiger charge is 2.24. The van der Waals surface area contributed by atoms with E-state index in [1.54, 1.807) is 7.11 Å². The molecule has 3 rings (SSSR count). The molecule has 0 saturated heterocycles. The molecule has 0 radical (unpaired) electrons. The average molecular weight is 393 g/mol. The van der Waals surface area contributed by atoms with Crippen LogP contribution in [0, 0.1) is 0 Å². The Bertz CT molecular complexity index is 945. The number of fused-ring (bicyclic) bond motifs is 1. The molecule has 1 atom stereocenters. The molecule has 4 nitrogen and oxygen atoms in total. The first kappa shape index (κ1) is 21.0. The van der Waals surface area contributed by atoms with Crippen LogP contribution >= 0.6 is 0 Å². The molecule has 2 aromatic carbocycles. The molecule has 0 saturated carbocycles. The normalized spacial score (nSPS) is 12.1. The molecule has 3 aromatic rings. The molecule has 2 N–H and O–H groups in total. The van der Waals surface area contributed by atoms with Gasteiger partial charge in [-0.1, -0.05) is 63.1 Å². The highest BCUT2D eigenvalue weighted by atomic mass is 16.5. The molecule has 1 amide bonds. The van der Waals surface area contributed by atoms with Gasteiger partial charge in [-0.05, 0) is 30.0 Å². The van der Waals surface area contributed by atoms with E-state index in [-0.39, 0.29) is 11.8 Å². The molecular formula is C25H32N2O2. The minimum Gasteiger partial charge on any atom is -0.496 e. The molecule has 0 spiro atoms. The van der Waals surface area contributed by atoms with Gasteiger partial charge >= 0.3 is 0 Å². The number of carbonyl (C=O) groups is 1. The van der Waals surface area contributed by atoms with E-state index >= 15 is 0 Å². The number of rotatable bonds is 10. The van der Waals surface area contributed by atoms with Crippen molar-refractivity contribution in [1.82, 2.24) is 10.3 Å².